The minimum absolute atomic E-state index is 0.0279. The Labute approximate surface area is 265 Å². The number of carboxylic acid groups (broad SMARTS) is 1. The standard InChI is InChI=1S/C31H36F2N4O6S2/c1-37(2,3)22-7-9-36(10-8-22)45(41,42)27-13-19(5-6-26(27)43-4)25-18-44-28(35-25)17-34-30(40)31(16-29(38)39)14-20-11-23(32)24(33)12-21(20)15-31/h5-6,11-13,18,22H,7-10,14-17H2,1-4H3,(H-,34,38,39,40). The second kappa shape index (κ2) is 12.4. The van der Waals surface area contributed by atoms with E-state index in [0.29, 0.717) is 46.5 Å². The van der Waals surface area contributed by atoms with E-state index in [9.17, 15) is 31.9 Å². The van der Waals surface area contributed by atoms with Crippen LogP contribution in [0.25, 0.3) is 11.3 Å². The number of quaternary nitrogens is 1. The Balaban J connectivity index is 1.31. The molecular weight excluding hydrogens is 626 g/mol. The highest BCUT2D eigenvalue weighted by molar-refractivity contribution is 7.89. The molecule has 2 aromatic carbocycles. The number of piperidine rings is 1. The second-order valence-electron chi connectivity index (χ2n) is 12.6. The first-order chi connectivity index (χ1) is 21.1. The number of aliphatic carboxylic acids is 1. The number of hydrogen-bond acceptors (Lipinski definition) is 8. The maximum Gasteiger partial charge on any atom is 0.246 e. The van der Waals surface area contributed by atoms with Crippen LogP contribution in [-0.4, -0.2) is 81.5 Å². The first-order valence-corrected chi connectivity index (χ1v) is 16.8. The van der Waals surface area contributed by atoms with E-state index < -0.39 is 45.4 Å². The molecular formula is C31H36F2N4O6S2. The molecule has 14 heteroatoms. The maximum absolute atomic E-state index is 13.8. The lowest BCUT2D eigenvalue weighted by Gasteiger charge is -2.39. The Kier molecular flexibility index (Phi) is 9.06. The predicted molar refractivity (Wildman–Crippen MR) is 162 cm³/mol. The molecule has 0 bridgehead atoms. The Morgan fingerprint density at radius 1 is 1.11 bits per heavy atom. The van der Waals surface area contributed by atoms with Gasteiger partial charge in [-0.1, -0.05) is 0 Å². The van der Waals surface area contributed by atoms with Crippen molar-refractivity contribution in [3.05, 3.63) is 63.5 Å². The number of nitrogens with one attached hydrogen (secondary N) is 1. The van der Waals surface area contributed by atoms with Crippen LogP contribution in [0.15, 0.2) is 40.6 Å². The molecule has 0 saturated carbocycles. The first kappa shape index (κ1) is 32.9. The zero-order valence-electron chi connectivity index (χ0n) is 25.6. The predicted octanol–water partition coefficient (Wildman–Crippen LogP) is 2.50. The van der Waals surface area contributed by atoms with Gasteiger partial charge in [0.25, 0.3) is 0 Å². The molecule has 10 nitrogen and oxygen atoms in total. The molecule has 45 heavy (non-hydrogen) atoms. The molecule has 242 valence electrons. The van der Waals surface area contributed by atoms with Gasteiger partial charge in [-0.05, 0) is 54.3 Å². The number of halogens is 2. The van der Waals surface area contributed by atoms with Gasteiger partial charge in [0.2, 0.25) is 15.9 Å². The molecule has 0 unspecified atom stereocenters. The number of hydrogen-bond donors (Lipinski definition) is 1. The van der Waals surface area contributed by atoms with Gasteiger partial charge in [-0.15, -0.1) is 11.3 Å². The number of carbonyl (C=O) groups excluding carboxylic acids is 2. The Hall–Kier alpha value is -3.46. The topological polar surface area (TPSA) is 129 Å². The number of aromatic nitrogens is 1. The van der Waals surface area contributed by atoms with Crippen molar-refractivity contribution in [2.24, 2.45) is 5.41 Å². The molecule has 3 aromatic rings. The molecule has 1 fully saturated rings. The average Bonchev–Trinajstić information content (AvgIpc) is 3.60. The van der Waals surface area contributed by atoms with Crippen molar-refractivity contribution >= 4 is 33.2 Å². The third kappa shape index (κ3) is 6.74. The number of carbonyl (C=O) groups is 2. The summed E-state index contributed by atoms with van der Waals surface area (Å²) in [5.41, 5.74) is 0.347. The van der Waals surface area contributed by atoms with Crippen LogP contribution in [0.2, 0.25) is 0 Å². The highest BCUT2D eigenvalue weighted by atomic mass is 32.2. The number of carboxylic acids is 1. The van der Waals surface area contributed by atoms with Crippen molar-refractivity contribution in [3.63, 3.8) is 0 Å². The van der Waals surface area contributed by atoms with Crippen LogP contribution in [0.4, 0.5) is 8.78 Å². The van der Waals surface area contributed by atoms with Gasteiger partial charge in [0, 0.05) is 49.3 Å². The molecule has 1 amide bonds. The smallest absolute Gasteiger partial charge is 0.246 e. The summed E-state index contributed by atoms with van der Waals surface area (Å²) in [6.07, 6.45) is 0.735. The number of benzene rings is 2. The lowest BCUT2D eigenvalue weighted by Crippen LogP contribution is -2.52. The van der Waals surface area contributed by atoms with Gasteiger partial charge in [-0.25, -0.2) is 22.2 Å². The lowest BCUT2D eigenvalue weighted by molar-refractivity contribution is -0.897. The first-order valence-electron chi connectivity index (χ1n) is 14.5. The maximum atomic E-state index is 13.8. The molecule has 1 N–H and O–H groups in total. The fraction of sp³-hybridized carbons (Fsp3) is 0.452. The molecule has 0 atom stereocenters. The summed E-state index contributed by atoms with van der Waals surface area (Å²) in [5, 5.41) is 16.5. The Morgan fingerprint density at radius 2 is 1.73 bits per heavy atom. The van der Waals surface area contributed by atoms with E-state index in [1.807, 2.05) is 0 Å². The second-order valence-corrected chi connectivity index (χ2v) is 15.5. The molecule has 5 rings (SSSR count). The van der Waals surface area contributed by atoms with Gasteiger partial charge in [0.05, 0.1) is 51.9 Å². The largest absolute Gasteiger partial charge is 0.550 e. The fourth-order valence-corrected chi connectivity index (χ4v) is 8.69. The summed E-state index contributed by atoms with van der Waals surface area (Å²) in [7, 11) is 3.90. The van der Waals surface area contributed by atoms with Gasteiger partial charge < -0.3 is 24.4 Å². The number of rotatable bonds is 10. The molecule has 1 aliphatic heterocycles. The Bertz CT molecular complexity index is 1700. The molecule has 0 radical (unpaired) electrons. The number of ether oxygens (including phenoxy) is 1. The minimum atomic E-state index is -3.85. The van der Waals surface area contributed by atoms with E-state index >= 15 is 0 Å². The lowest BCUT2D eigenvalue weighted by atomic mass is 9.80. The van der Waals surface area contributed by atoms with E-state index in [2.05, 4.69) is 31.4 Å². The summed E-state index contributed by atoms with van der Waals surface area (Å²) in [6.45, 7) is 0.787. The van der Waals surface area contributed by atoms with Crippen molar-refractivity contribution in [3.8, 4) is 17.0 Å². The highest BCUT2D eigenvalue weighted by Gasteiger charge is 2.44. The fourth-order valence-electron chi connectivity index (χ4n) is 6.29. The average molecular weight is 663 g/mol. The van der Waals surface area contributed by atoms with Crippen LogP contribution >= 0.6 is 11.3 Å². The van der Waals surface area contributed by atoms with Crippen LogP contribution < -0.4 is 15.2 Å². The third-order valence-electron chi connectivity index (χ3n) is 8.81. The third-order valence-corrected chi connectivity index (χ3v) is 11.6. The van der Waals surface area contributed by atoms with Gasteiger partial charge in [0.15, 0.2) is 11.6 Å². The number of sulfonamides is 1. The van der Waals surface area contributed by atoms with Crippen molar-refractivity contribution in [1.82, 2.24) is 14.6 Å². The van der Waals surface area contributed by atoms with Crippen molar-refractivity contribution in [1.29, 1.82) is 0 Å². The van der Waals surface area contributed by atoms with Crippen molar-refractivity contribution in [2.45, 2.75) is 49.6 Å². The summed E-state index contributed by atoms with van der Waals surface area (Å²) in [6, 6.07) is 7.21. The van der Waals surface area contributed by atoms with Gasteiger partial charge in [0.1, 0.15) is 15.7 Å². The number of thiazole rings is 1. The summed E-state index contributed by atoms with van der Waals surface area (Å²) < 4.78 is 62.8. The van der Waals surface area contributed by atoms with E-state index in [-0.39, 0.29) is 30.0 Å². The molecule has 0 spiro atoms. The van der Waals surface area contributed by atoms with E-state index in [4.69, 9.17) is 4.74 Å². The molecule has 2 heterocycles. The van der Waals surface area contributed by atoms with Gasteiger partial charge in [-0.2, -0.15) is 4.31 Å². The van der Waals surface area contributed by atoms with Crippen molar-refractivity contribution < 1.29 is 41.1 Å². The number of amides is 1. The monoisotopic (exact) mass is 662 g/mol. The van der Waals surface area contributed by atoms with Crippen molar-refractivity contribution in [2.75, 3.05) is 41.3 Å². The van der Waals surface area contributed by atoms with E-state index in [1.54, 1.807) is 23.6 Å². The molecule has 2 aliphatic rings. The van der Waals surface area contributed by atoms with Crippen LogP contribution in [0.5, 0.6) is 5.75 Å². The van der Waals surface area contributed by atoms with Crippen LogP contribution in [-0.2, 0) is 39.0 Å². The molecule has 1 saturated heterocycles. The van der Waals surface area contributed by atoms with E-state index in [1.165, 1.54) is 22.8 Å². The summed E-state index contributed by atoms with van der Waals surface area (Å²) in [4.78, 5) is 29.5. The molecule has 1 aromatic heterocycles. The van der Waals surface area contributed by atoms with Gasteiger partial charge in [-0.3, -0.25) is 4.79 Å². The van der Waals surface area contributed by atoms with Crippen LogP contribution in [0, 0.1) is 17.0 Å². The van der Waals surface area contributed by atoms with Crippen LogP contribution in [0.3, 0.4) is 0 Å². The number of fused-ring (bicyclic) bond motifs is 1. The number of nitrogens with zero attached hydrogens (tertiary/aromatic N) is 3. The normalized spacial score (nSPS) is 17.2. The van der Waals surface area contributed by atoms with Gasteiger partial charge >= 0.3 is 0 Å². The highest BCUT2D eigenvalue weighted by Crippen LogP contribution is 2.41. The van der Waals surface area contributed by atoms with Crippen LogP contribution in [0.1, 0.15) is 35.4 Å². The molecule has 1 aliphatic carbocycles. The Morgan fingerprint density at radius 3 is 2.29 bits per heavy atom. The summed E-state index contributed by atoms with van der Waals surface area (Å²) in [5.74, 6) is -3.93. The summed E-state index contributed by atoms with van der Waals surface area (Å²) >= 11 is 1.24. The van der Waals surface area contributed by atoms with E-state index in [0.717, 1.165) is 29.5 Å². The SMILES string of the molecule is COc1ccc(-c2csc(CNC(=O)C3(CC(=O)[O-])Cc4cc(F)c(F)cc4C3)n2)cc1S(=O)(=O)N1CCC([N+](C)(C)C)CC1. The minimum Gasteiger partial charge on any atom is -0.550 e. The zero-order chi connectivity index (χ0) is 32.7. The number of methoxy groups -OCH3 is 1. The zero-order valence-corrected chi connectivity index (χ0v) is 27.2. The quantitative estimate of drug-likeness (QED) is 0.331.